The van der Waals surface area contributed by atoms with Crippen molar-refractivity contribution < 1.29 is 47.3 Å². The van der Waals surface area contributed by atoms with Gasteiger partial charge in [-0.05, 0) is 49.2 Å². The molecule has 2 rings (SSSR count). The number of hydrogen-bond acceptors (Lipinski definition) is 9. The third-order valence-corrected chi connectivity index (χ3v) is 4.54. The van der Waals surface area contributed by atoms with E-state index in [9.17, 15) is 23.6 Å². The van der Waals surface area contributed by atoms with Gasteiger partial charge in [0, 0.05) is 18.1 Å². The smallest absolute Gasteiger partial charge is 0.374 e. The largest absolute Gasteiger partial charge is 0.486 e. The van der Waals surface area contributed by atoms with E-state index in [-0.39, 0.29) is 54.8 Å². The summed E-state index contributed by atoms with van der Waals surface area (Å²) < 4.78 is 40.6. The first-order valence-electron chi connectivity index (χ1n) is 11.1. The first-order valence-corrected chi connectivity index (χ1v) is 11.1. The molecule has 0 aliphatic rings. The zero-order valence-corrected chi connectivity index (χ0v) is 20.8. The number of ether oxygens (including phenoxy) is 5. The minimum Gasteiger partial charge on any atom is -0.486 e. The van der Waals surface area contributed by atoms with Crippen LogP contribution >= 0.6 is 0 Å². The molecule has 0 atom stereocenters. The van der Waals surface area contributed by atoms with E-state index in [2.05, 4.69) is 13.2 Å². The monoisotopic (exact) mass is 514 g/mol. The summed E-state index contributed by atoms with van der Waals surface area (Å²) in [4.78, 5) is 45.5. The van der Waals surface area contributed by atoms with Crippen LogP contribution in [0, 0.1) is 5.82 Å². The van der Waals surface area contributed by atoms with Gasteiger partial charge in [0.1, 0.15) is 26.4 Å². The van der Waals surface area contributed by atoms with Gasteiger partial charge >= 0.3 is 17.9 Å². The van der Waals surface area contributed by atoms with E-state index in [1.807, 2.05) is 0 Å². The van der Waals surface area contributed by atoms with Crippen LogP contribution in [0.2, 0.25) is 0 Å². The Kier molecular flexibility index (Phi) is 10.6. The molecule has 0 radical (unpaired) electrons. The highest BCUT2D eigenvalue weighted by atomic mass is 19.1. The molecule has 2 aromatic rings. The van der Waals surface area contributed by atoms with Gasteiger partial charge in [0.05, 0.1) is 0 Å². The number of carbonyl (C=O) groups is 4. The van der Waals surface area contributed by atoms with Crippen molar-refractivity contribution >= 4 is 23.7 Å². The fourth-order valence-electron chi connectivity index (χ4n) is 2.67. The van der Waals surface area contributed by atoms with E-state index in [4.69, 9.17) is 23.7 Å². The van der Waals surface area contributed by atoms with Gasteiger partial charge < -0.3 is 23.7 Å². The summed E-state index contributed by atoms with van der Waals surface area (Å²) in [5.74, 6) is -3.53. The van der Waals surface area contributed by atoms with Gasteiger partial charge in [-0.1, -0.05) is 25.3 Å². The minimum atomic E-state index is -0.990. The third kappa shape index (κ3) is 8.92. The van der Waals surface area contributed by atoms with E-state index in [1.165, 1.54) is 26.0 Å². The van der Waals surface area contributed by atoms with Crippen LogP contribution in [-0.2, 0) is 28.7 Å². The van der Waals surface area contributed by atoms with E-state index in [0.717, 1.165) is 6.92 Å². The molecule has 0 spiro atoms. The van der Waals surface area contributed by atoms with Gasteiger partial charge in [-0.2, -0.15) is 0 Å². The highest BCUT2D eigenvalue weighted by Crippen LogP contribution is 2.34. The quantitative estimate of drug-likeness (QED) is 0.129. The molecule has 2 aromatic carbocycles. The predicted molar refractivity (Wildman–Crippen MR) is 131 cm³/mol. The lowest BCUT2D eigenvalue weighted by molar-refractivity contribution is -0.153. The van der Waals surface area contributed by atoms with Gasteiger partial charge in [0.25, 0.3) is 0 Å². The molecular formula is C27H27FO9. The number of rotatable bonds is 13. The lowest BCUT2D eigenvalue weighted by atomic mass is 10.0. The average molecular weight is 515 g/mol. The topological polar surface area (TPSA) is 114 Å². The van der Waals surface area contributed by atoms with Gasteiger partial charge in [-0.3, -0.25) is 4.79 Å². The van der Waals surface area contributed by atoms with Gasteiger partial charge in [0.2, 0.25) is 5.78 Å². The summed E-state index contributed by atoms with van der Waals surface area (Å²) in [5.41, 5.74) is 1.36. The maximum atomic E-state index is 14.6. The van der Waals surface area contributed by atoms with Gasteiger partial charge in [0.15, 0.2) is 23.1 Å². The maximum absolute atomic E-state index is 14.6. The Bertz CT molecular complexity index is 1220. The van der Waals surface area contributed by atoms with E-state index in [1.54, 1.807) is 24.3 Å². The van der Waals surface area contributed by atoms with Crippen LogP contribution < -0.4 is 14.2 Å². The summed E-state index contributed by atoms with van der Waals surface area (Å²) in [7, 11) is 0. The summed E-state index contributed by atoms with van der Waals surface area (Å²) in [6.45, 7) is 10.7. The second-order valence-corrected chi connectivity index (χ2v) is 7.78. The number of esters is 3. The molecule has 0 aromatic heterocycles. The number of hydrogen-bond donors (Lipinski definition) is 0. The summed E-state index contributed by atoms with van der Waals surface area (Å²) in [6.07, 6.45) is 0. The molecule has 0 N–H and O–H groups in total. The van der Waals surface area contributed by atoms with Crippen molar-refractivity contribution in [2.45, 2.75) is 20.8 Å². The Balaban J connectivity index is 2.20. The summed E-state index contributed by atoms with van der Waals surface area (Å²) in [5, 5.41) is 0. The fourth-order valence-corrected chi connectivity index (χ4v) is 2.67. The average Bonchev–Trinajstić information content (AvgIpc) is 2.85. The molecule has 0 heterocycles. The van der Waals surface area contributed by atoms with E-state index >= 15 is 0 Å². The molecule has 0 amide bonds. The Hall–Kier alpha value is -4.47. The van der Waals surface area contributed by atoms with Crippen molar-refractivity contribution in [2.24, 2.45) is 0 Å². The molecule has 0 aliphatic heterocycles. The predicted octanol–water partition coefficient (Wildman–Crippen LogP) is 3.98. The molecule has 0 fully saturated rings. The van der Waals surface area contributed by atoms with Crippen molar-refractivity contribution in [1.82, 2.24) is 0 Å². The number of ketones is 1. The second kappa shape index (κ2) is 13.6. The summed E-state index contributed by atoms with van der Waals surface area (Å²) >= 11 is 0. The molecular weight excluding hydrogens is 487 g/mol. The molecule has 37 heavy (non-hydrogen) atoms. The van der Waals surface area contributed by atoms with Crippen LogP contribution in [0.15, 0.2) is 60.7 Å². The van der Waals surface area contributed by atoms with Crippen molar-refractivity contribution in [2.75, 3.05) is 26.4 Å². The van der Waals surface area contributed by atoms with E-state index in [0.29, 0.717) is 11.1 Å². The maximum Gasteiger partial charge on any atom is 0.374 e. The number of carbonyl (C=O) groups excluding carboxylic acids is 4. The van der Waals surface area contributed by atoms with Gasteiger partial charge in [-0.25, -0.2) is 18.8 Å². The lowest BCUT2D eigenvalue weighted by Crippen LogP contribution is -2.18. The third-order valence-electron chi connectivity index (χ3n) is 4.54. The van der Waals surface area contributed by atoms with Crippen LogP contribution in [0.4, 0.5) is 4.39 Å². The van der Waals surface area contributed by atoms with Crippen molar-refractivity contribution in [1.29, 1.82) is 0 Å². The zero-order chi connectivity index (χ0) is 27.5. The van der Waals surface area contributed by atoms with Crippen LogP contribution in [0.25, 0.3) is 11.1 Å². The molecule has 0 saturated heterocycles. The summed E-state index contributed by atoms with van der Waals surface area (Å²) in [6, 6.07) is 8.83. The normalized spacial score (nSPS) is 10.2. The molecule has 10 heteroatoms. The SMILES string of the molecule is C=C(C)C(=O)OCCOc1ccc(-c2ccc(OC(=O)C(=C)C)c(F)c2)cc1OCCOC(=O)C(C)=O. The van der Waals surface area contributed by atoms with Crippen LogP contribution in [0.5, 0.6) is 17.2 Å². The first kappa shape index (κ1) is 28.8. The van der Waals surface area contributed by atoms with Crippen molar-refractivity contribution in [3.63, 3.8) is 0 Å². The second-order valence-electron chi connectivity index (χ2n) is 7.78. The molecule has 0 saturated carbocycles. The molecule has 0 aliphatic carbocycles. The standard InChI is InChI=1S/C27H27FO9/c1-16(2)25(30)35-12-10-33-23-9-7-20(15-24(23)34-11-13-36-27(32)18(5)29)19-6-8-22(21(28)14-19)37-26(31)17(3)4/h6-9,14-15H,1,3,10-13H2,2,4-5H3. The Morgan fingerprint density at radius 1 is 0.676 bits per heavy atom. The number of Topliss-reactive ketones (excluding diaryl/α,β-unsaturated/α-hetero) is 1. The molecule has 0 bridgehead atoms. The highest BCUT2D eigenvalue weighted by Gasteiger charge is 2.15. The first-order chi connectivity index (χ1) is 17.5. The van der Waals surface area contributed by atoms with Crippen LogP contribution in [0.1, 0.15) is 20.8 Å². The Morgan fingerprint density at radius 2 is 1.19 bits per heavy atom. The molecule has 196 valence electrons. The Morgan fingerprint density at radius 3 is 1.73 bits per heavy atom. The van der Waals surface area contributed by atoms with E-state index < -0.39 is 29.5 Å². The van der Waals surface area contributed by atoms with Crippen LogP contribution in [0.3, 0.4) is 0 Å². The van der Waals surface area contributed by atoms with Crippen molar-refractivity contribution in [3.05, 3.63) is 66.5 Å². The number of benzene rings is 2. The zero-order valence-electron chi connectivity index (χ0n) is 20.8. The van der Waals surface area contributed by atoms with Gasteiger partial charge in [-0.15, -0.1) is 0 Å². The minimum absolute atomic E-state index is 0.00542. The lowest BCUT2D eigenvalue weighted by Gasteiger charge is -2.15. The fraction of sp³-hybridized carbons (Fsp3) is 0.259. The van der Waals surface area contributed by atoms with Crippen LogP contribution in [-0.4, -0.2) is 50.1 Å². The number of halogens is 1. The van der Waals surface area contributed by atoms with Crippen molar-refractivity contribution in [3.8, 4) is 28.4 Å². The Labute approximate surface area is 213 Å². The molecule has 0 unspecified atom stereocenters. The molecule has 9 nitrogen and oxygen atoms in total. The highest BCUT2D eigenvalue weighted by molar-refractivity contribution is 6.32.